The maximum atomic E-state index is 12.0. The van der Waals surface area contributed by atoms with Crippen molar-refractivity contribution in [1.82, 2.24) is 0 Å². The van der Waals surface area contributed by atoms with E-state index in [1.807, 2.05) is 0 Å². The summed E-state index contributed by atoms with van der Waals surface area (Å²) in [5.74, 6) is 1.35. The fourth-order valence-electron chi connectivity index (χ4n) is 2.28. The molecule has 0 bridgehead atoms. The number of carbonyl (C=O) groups excluding carboxylic acids is 1. The van der Waals surface area contributed by atoms with Crippen molar-refractivity contribution in [2.75, 3.05) is 21.3 Å². The fraction of sp³-hybridized carbons (Fsp3) is 0.200. The molecule has 6 heteroatoms. The Morgan fingerprint density at radius 1 is 1.04 bits per heavy atom. The number of hydrogen-bond donors (Lipinski definition) is 0. The highest BCUT2D eigenvalue weighted by Crippen LogP contribution is 2.38. The van der Waals surface area contributed by atoms with Gasteiger partial charge in [-0.25, -0.2) is 4.79 Å². The molecule has 26 heavy (non-hydrogen) atoms. The van der Waals surface area contributed by atoms with Gasteiger partial charge in [-0.15, -0.1) is 0 Å². The zero-order chi connectivity index (χ0) is 18.9. The summed E-state index contributed by atoms with van der Waals surface area (Å²) in [5, 5.41) is 8.65. The van der Waals surface area contributed by atoms with Gasteiger partial charge in [-0.3, -0.25) is 0 Å². The van der Waals surface area contributed by atoms with Gasteiger partial charge >= 0.3 is 5.97 Å². The summed E-state index contributed by atoms with van der Waals surface area (Å²) in [4.78, 5) is 12.0. The average molecular weight is 353 g/mol. The van der Waals surface area contributed by atoms with E-state index in [9.17, 15) is 4.79 Å². The third-order valence-corrected chi connectivity index (χ3v) is 3.52. The SMILES string of the molecule is COc1cc(/C=C/C(=O)Oc2ccc(CC#N)cc2)cc(OC)c1OC. The lowest BCUT2D eigenvalue weighted by molar-refractivity contribution is -0.128. The van der Waals surface area contributed by atoms with Crippen molar-refractivity contribution < 1.29 is 23.7 Å². The Labute approximate surface area is 152 Å². The molecule has 0 heterocycles. The van der Waals surface area contributed by atoms with Crippen molar-refractivity contribution in [1.29, 1.82) is 5.26 Å². The van der Waals surface area contributed by atoms with Gasteiger partial charge in [0.05, 0.1) is 33.8 Å². The maximum Gasteiger partial charge on any atom is 0.336 e. The topological polar surface area (TPSA) is 77.8 Å². The van der Waals surface area contributed by atoms with Gasteiger partial charge in [0.2, 0.25) is 5.75 Å². The molecule has 0 N–H and O–H groups in total. The van der Waals surface area contributed by atoms with Crippen LogP contribution in [0.15, 0.2) is 42.5 Å². The number of rotatable bonds is 7. The summed E-state index contributed by atoms with van der Waals surface area (Å²) in [7, 11) is 4.57. The molecule has 0 atom stereocenters. The van der Waals surface area contributed by atoms with E-state index in [0.717, 1.165) is 5.56 Å². The number of nitriles is 1. The summed E-state index contributed by atoms with van der Waals surface area (Å²) >= 11 is 0. The van der Waals surface area contributed by atoms with Crippen LogP contribution in [0.1, 0.15) is 11.1 Å². The van der Waals surface area contributed by atoms with E-state index in [4.69, 9.17) is 24.2 Å². The van der Waals surface area contributed by atoms with Crippen LogP contribution in [0.3, 0.4) is 0 Å². The Bertz CT molecular complexity index is 809. The summed E-state index contributed by atoms with van der Waals surface area (Å²) < 4.78 is 21.0. The van der Waals surface area contributed by atoms with E-state index in [1.54, 1.807) is 42.5 Å². The third kappa shape index (κ3) is 4.77. The van der Waals surface area contributed by atoms with Gasteiger partial charge in [0.1, 0.15) is 5.75 Å². The molecule has 0 aliphatic carbocycles. The fourth-order valence-corrected chi connectivity index (χ4v) is 2.28. The molecule has 0 fully saturated rings. The second-order valence-electron chi connectivity index (χ2n) is 5.19. The van der Waals surface area contributed by atoms with Crippen molar-refractivity contribution >= 4 is 12.0 Å². The molecular weight excluding hydrogens is 334 g/mol. The first kappa shape index (κ1) is 18.9. The van der Waals surface area contributed by atoms with Gasteiger partial charge in [-0.1, -0.05) is 12.1 Å². The van der Waals surface area contributed by atoms with Gasteiger partial charge < -0.3 is 18.9 Å². The number of methoxy groups -OCH3 is 3. The standard InChI is InChI=1S/C20H19NO5/c1-23-17-12-15(13-18(24-2)20(17)25-3)6-9-19(22)26-16-7-4-14(5-8-16)10-11-21/h4-9,12-13H,10H2,1-3H3/b9-6+. The van der Waals surface area contributed by atoms with Gasteiger partial charge in [-0.05, 0) is 41.5 Å². The van der Waals surface area contributed by atoms with Crippen LogP contribution in [-0.2, 0) is 11.2 Å². The highest BCUT2D eigenvalue weighted by molar-refractivity contribution is 5.89. The van der Waals surface area contributed by atoms with Crippen LogP contribution in [0.4, 0.5) is 0 Å². The van der Waals surface area contributed by atoms with Crippen molar-refractivity contribution in [3.8, 4) is 29.1 Å². The zero-order valence-electron chi connectivity index (χ0n) is 14.8. The molecule has 0 saturated heterocycles. The first-order chi connectivity index (χ1) is 12.6. The van der Waals surface area contributed by atoms with Crippen LogP contribution in [0.5, 0.6) is 23.0 Å². The van der Waals surface area contributed by atoms with Crippen LogP contribution in [0.2, 0.25) is 0 Å². The molecule has 6 nitrogen and oxygen atoms in total. The molecule has 2 aromatic carbocycles. The molecule has 0 saturated carbocycles. The molecule has 0 radical (unpaired) electrons. The first-order valence-corrected chi connectivity index (χ1v) is 7.77. The van der Waals surface area contributed by atoms with E-state index < -0.39 is 5.97 Å². The molecule has 0 aliphatic heterocycles. The first-order valence-electron chi connectivity index (χ1n) is 7.77. The minimum Gasteiger partial charge on any atom is -0.493 e. The molecule has 134 valence electrons. The van der Waals surface area contributed by atoms with Crippen molar-refractivity contribution in [3.63, 3.8) is 0 Å². The predicted molar refractivity (Wildman–Crippen MR) is 96.5 cm³/mol. The molecule has 0 amide bonds. The van der Waals surface area contributed by atoms with Gasteiger partial charge in [0, 0.05) is 6.08 Å². The van der Waals surface area contributed by atoms with Crippen molar-refractivity contribution in [2.45, 2.75) is 6.42 Å². The zero-order valence-corrected chi connectivity index (χ0v) is 14.8. The highest BCUT2D eigenvalue weighted by Gasteiger charge is 2.12. The maximum absolute atomic E-state index is 12.0. The van der Waals surface area contributed by atoms with Crippen LogP contribution < -0.4 is 18.9 Å². The highest BCUT2D eigenvalue weighted by atomic mass is 16.5. The number of benzene rings is 2. The van der Waals surface area contributed by atoms with Crippen molar-refractivity contribution in [3.05, 3.63) is 53.6 Å². The summed E-state index contributed by atoms with van der Waals surface area (Å²) in [5.41, 5.74) is 1.56. The Kier molecular flexibility index (Phi) is 6.63. The number of esters is 1. The molecule has 0 spiro atoms. The van der Waals surface area contributed by atoms with Gasteiger partial charge in [0.25, 0.3) is 0 Å². The Morgan fingerprint density at radius 2 is 1.65 bits per heavy atom. The third-order valence-electron chi connectivity index (χ3n) is 3.52. The van der Waals surface area contributed by atoms with Crippen LogP contribution in [0, 0.1) is 11.3 Å². The number of carbonyl (C=O) groups is 1. The second-order valence-corrected chi connectivity index (χ2v) is 5.19. The van der Waals surface area contributed by atoms with Crippen molar-refractivity contribution in [2.24, 2.45) is 0 Å². The van der Waals surface area contributed by atoms with Gasteiger partial charge in [0.15, 0.2) is 11.5 Å². The minimum absolute atomic E-state index is 0.315. The lowest BCUT2D eigenvalue weighted by Gasteiger charge is -2.12. The minimum atomic E-state index is -0.521. The molecule has 2 rings (SSSR count). The van der Waals surface area contributed by atoms with Crippen LogP contribution >= 0.6 is 0 Å². The smallest absolute Gasteiger partial charge is 0.336 e. The lowest BCUT2D eigenvalue weighted by Crippen LogP contribution is -2.03. The van der Waals surface area contributed by atoms with E-state index >= 15 is 0 Å². The lowest BCUT2D eigenvalue weighted by atomic mass is 10.1. The number of ether oxygens (including phenoxy) is 4. The monoisotopic (exact) mass is 353 g/mol. The summed E-state index contributed by atoms with van der Waals surface area (Å²) in [6.07, 6.45) is 3.22. The van der Waals surface area contributed by atoms with Crippen LogP contribution in [-0.4, -0.2) is 27.3 Å². The summed E-state index contributed by atoms with van der Waals surface area (Å²) in [6, 6.07) is 12.3. The molecule has 2 aromatic rings. The number of hydrogen-bond acceptors (Lipinski definition) is 6. The van der Waals surface area contributed by atoms with E-state index in [0.29, 0.717) is 35.0 Å². The summed E-state index contributed by atoms with van der Waals surface area (Å²) in [6.45, 7) is 0. The molecule has 0 unspecified atom stereocenters. The predicted octanol–water partition coefficient (Wildman–Crippen LogP) is 3.40. The second kappa shape index (κ2) is 9.14. The largest absolute Gasteiger partial charge is 0.493 e. The van der Waals surface area contributed by atoms with Crippen LogP contribution in [0.25, 0.3) is 6.08 Å². The number of nitrogens with zero attached hydrogens (tertiary/aromatic N) is 1. The Morgan fingerprint density at radius 3 is 2.15 bits per heavy atom. The Hall–Kier alpha value is -3.46. The average Bonchev–Trinajstić information content (AvgIpc) is 2.67. The van der Waals surface area contributed by atoms with E-state index in [-0.39, 0.29) is 0 Å². The van der Waals surface area contributed by atoms with E-state index in [2.05, 4.69) is 6.07 Å². The molecule has 0 aromatic heterocycles. The molecular formula is C20H19NO5. The van der Waals surface area contributed by atoms with E-state index in [1.165, 1.54) is 27.4 Å². The molecule has 0 aliphatic rings. The quantitative estimate of drug-likeness (QED) is 0.431. The van der Waals surface area contributed by atoms with Gasteiger partial charge in [-0.2, -0.15) is 5.26 Å². The normalized spacial score (nSPS) is 10.2. The Balaban J connectivity index is 2.11.